The molecule has 0 aromatic heterocycles. The molecule has 0 saturated heterocycles. The summed E-state index contributed by atoms with van der Waals surface area (Å²) in [5.41, 5.74) is 2.34. The minimum atomic E-state index is -0.559. The van der Waals surface area contributed by atoms with E-state index < -0.39 is 17.8 Å². The molecule has 172 valence electrons. The van der Waals surface area contributed by atoms with Gasteiger partial charge in [0.25, 0.3) is 0 Å². The van der Waals surface area contributed by atoms with E-state index in [0.717, 1.165) is 0 Å². The molecule has 3 aromatic rings. The average molecular weight is 464 g/mol. The van der Waals surface area contributed by atoms with Gasteiger partial charge in [-0.3, -0.25) is 0 Å². The molecule has 0 radical (unpaired) electrons. The SMILES string of the molecule is C=C(C)C(=O)Oc1ccc(C#Cc2ccc(C#Cc3ccccc3OC(=O)C(=C)C)c(F)c2)cc1. The largest absolute Gasteiger partial charge is 0.423 e. The van der Waals surface area contributed by atoms with Gasteiger partial charge in [0.05, 0.1) is 11.1 Å². The van der Waals surface area contributed by atoms with E-state index in [4.69, 9.17) is 9.47 Å². The summed E-state index contributed by atoms with van der Waals surface area (Å²) in [6.07, 6.45) is 0. The van der Waals surface area contributed by atoms with Crippen molar-refractivity contribution in [1.82, 2.24) is 0 Å². The first-order chi connectivity index (χ1) is 16.7. The maximum atomic E-state index is 14.6. The number of rotatable bonds is 4. The van der Waals surface area contributed by atoms with Crippen molar-refractivity contribution in [3.8, 4) is 35.2 Å². The number of hydrogen-bond acceptors (Lipinski definition) is 4. The van der Waals surface area contributed by atoms with E-state index in [9.17, 15) is 14.0 Å². The minimum Gasteiger partial charge on any atom is -0.423 e. The zero-order chi connectivity index (χ0) is 25.4. The van der Waals surface area contributed by atoms with Crippen LogP contribution < -0.4 is 9.47 Å². The van der Waals surface area contributed by atoms with Crippen molar-refractivity contribution in [2.24, 2.45) is 0 Å². The second-order valence-corrected chi connectivity index (χ2v) is 7.55. The van der Waals surface area contributed by atoms with E-state index in [2.05, 4.69) is 36.8 Å². The Morgan fingerprint density at radius 3 is 1.94 bits per heavy atom. The van der Waals surface area contributed by atoms with Gasteiger partial charge in [-0.15, -0.1) is 0 Å². The standard InChI is InChI=1S/C30H21FO4/c1-20(2)29(32)34-26-17-12-22(13-18-26)9-10-23-11-14-24(27(31)19-23)15-16-25-7-5-6-8-28(25)35-30(33)21(3)4/h5-8,11-14,17-19H,1,3H2,2,4H3. The number of esters is 2. The van der Waals surface area contributed by atoms with Crippen molar-refractivity contribution < 1.29 is 23.5 Å². The van der Waals surface area contributed by atoms with E-state index in [1.54, 1.807) is 68.4 Å². The van der Waals surface area contributed by atoms with Crippen LogP contribution in [0.15, 0.2) is 91.0 Å². The first-order valence-corrected chi connectivity index (χ1v) is 10.5. The summed E-state index contributed by atoms with van der Waals surface area (Å²) in [5, 5.41) is 0. The molecule has 0 aliphatic carbocycles. The van der Waals surface area contributed by atoms with Gasteiger partial charge >= 0.3 is 11.9 Å². The predicted molar refractivity (Wildman–Crippen MR) is 132 cm³/mol. The number of benzene rings is 3. The smallest absolute Gasteiger partial charge is 0.338 e. The average Bonchev–Trinajstić information content (AvgIpc) is 2.83. The van der Waals surface area contributed by atoms with Crippen LogP contribution in [-0.4, -0.2) is 11.9 Å². The Kier molecular flexibility index (Phi) is 8.01. The predicted octanol–water partition coefficient (Wildman–Crippen LogP) is 5.59. The lowest BCUT2D eigenvalue weighted by atomic mass is 10.1. The fourth-order valence-corrected chi connectivity index (χ4v) is 2.62. The monoisotopic (exact) mass is 464 g/mol. The molecule has 0 amide bonds. The molecule has 0 saturated carbocycles. The second-order valence-electron chi connectivity index (χ2n) is 7.55. The van der Waals surface area contributed by atoms with Crippen molar-refractivity contribution in [1.29, 1.82) is 0 Å². The van der Waals surface area contributed by atoms with E-state index in [-0.39, 0.29) is 16.9 Å². The summed E-state index contributed by atoms with van der Waals surface area (Å²) in [5.74, 6) is 10.5. The summed E-state index contributed by atoms with van der Waals surface area (Å²) in [7, 11) is 0. The fraction of sp³-hybridized carbons (Fsp3) is 0.0667. The highest BCUT2D eigenvalue weighted by Gasteiger charge is 2.08. The third-order valence-electron chi connectivity index (χ3n) is 4.50. The van der Waals surface area contributed by atoms with Crippen molar-refractivity contribution in [3.63, 3.8) is 0 Å². The van der Waals surface area contributed by atoms with Gasteiger partial charge in [-0.2, -0.15) is 0 Å². The summed E-state index contributed by atoms with van der Waals surface area (Å²) in [6, 6.07) is 17.9. The quantitative estimate of drug-likeness (QED) is 0.219. The molecule has 0 fully saturated rings. The van der Waals surface area contributed by atoms with E-state index in [1.165, 1.54) is 12.1 Å². The molecule has 0 atom stereocenters. The van der Waals surface area contributed by atoms with Crippen LogP contribution in [0.5, 0.6) is 11.5 Å². The second kappa shape index (κ2) is 11.3. The highest BCUT2D eigenvalue weighted by Crippen LogP contribution is 2.19. The fourth-order valence-electron chi connectivity index (χ4n) is 2.62. The number of carbonyl (C=O) groups excluding carboxylic acids is 2. The van der Waals surface area contributed by atoms with Crippen molar-refractivity contribution in [2.75, 3.05) is 0 Å². The lowest BCUT2D eigenvalue weighted by Gasteiger charge is -2.05. The Morgan fingerprint density at radius 1 is 0.714 bits per heavy atom. The van der Waals surface area contributed by atoms with Gasteiger partial charge in [0.1, 0.15) is 17.3 Å². The Hall–Kier alpha value is -4.87. The van der Waals surface area contributed by atoms with E-state index in [1.807, 2.05) is 0 Å². The lowest BCUT2D eigenvalue weighted by molar-refractivity contribution is -0.130. The molecule has 0 bridgehead atoms. The molecule has 35 heavy (non-hydrogen) atoms. The van der Waals surface area contributed by atoms with Gasteiger partial charge in [0.2, 0.25) is 0 Å². The number of halogens is 1. The Balaban J connectivity index is 1.74. The van der Waals surface area contributed by atoms with Crippen LogP contribution >= 0.6 is 0 Å². The zero-order valence-electron chi connectivity index (χ0n) is 19.3. The lowest BCUT2D eigenvalue weighted by Crippen LogP contribution is -2.09. The van der Waals surface area contributed by atoms with Crippen LogP contribution in [0, 0.1) is 29.5 Å². The highest BCUT2D eigenvalue weighted by atomic mass is 19.1. The van der Waals surface area contributed by atoms with Gasteiger partial charge in [-0.1, -0.05) is 49.0 Å². The Labute approximate surface area is 203 Å². The molecule has 4 nitrogen and oxygen atoms in total. The molecule has 3 rings (SSSR count). The highest BCUT2D eigenvalue weighted by molar-refractivity contribution is 5.89. The molecule has 0 unspecified atom stereocenters. The van der Waals surface area contributed by atoms with E-state index in [0.29, 0.717) is 28.0 Å². The van der Waals surface area contributed by atoms with Crippen molar-refractivity contribution in [2.45, 2.75) is 13.8 Å². The third kappa shape index (κ3) is 7.05. The molecule has 0 aliphatic rings. The first-order valence-electron chi connectivity index (χ1n) is 10.5. The van der Waals surface area contributed by atoms with Crippen LogP contribution in [0.1, 0.15) is 36.1 Å². The van der Waals surface area contributed by atoms with Gasteiger partial charge in [0, 0.05) is 22.3 Å². The topological polar surface area (TPSA) is 52.6 Å². The molecule has 0 N–H and O–H groups in total. The van der Waals surface area contributed by atoms with Crippen LogP contribution in [0.2, 0.25) is 0 Å². The first kappa shape index (κ1) is 24.8. The molecular weight excluding hydrogens is 443 g/mol. The van der Waals surface area contributed by atoms with Crippen molar-refractivity contribution >= 4 is 11.9 Å². The zero-order valence-corrected chi connectivity index (χ0v) is 19.3. The number of carbonyl (C=O) groups is 2. The third-order valence-corrected chi connectivity index (χ3v) is 4.50. The molecule has 3 aromatic carbocycles. The number of para-hydroxylation sites is 1. The van der Waals surface area contributed by atoms with Crippen LogP contribution in [0.3, 0.4) is 0 Å². The maximum absolute atomic E-state index is 14.6. The normalized spacial score (nSPS) is 9.57. The number of hydrogen-bond donors (Lipinski definition) is 0. The molecule has 0 heterocycles. The summed E-state index contributed by atoms with van der Waals surface area (Å²) < 4.78 is 25.0. The minimum absolute atomic E-state index is 0.181. The van der Waals surface area contributed by atoms with Crippen LogP contribution in [-0.2, 0) is 9.59 Å². The van der Waals surface area contributed by atoms with Crippen LogP contribution in [0.4, 0.5) is 4.39 Å². The van der Waals surface area contributed by atoms with Gasteiger partial charge in [-0.25, -0.2) is 14.0 Å². The molecule has 5 heteroatoms. The number of ether oxygens (including phenoxy) is 2. The Bertz CT molecular complexity index is 1440. The van der Waals surface area contributed by atoms with E-state index >= 15 is 0 Å². The Morgan fingerprint density at radius 2 is 1.29 bits per heavy atom. The molecular formula is C30H21FO4. The molecule has 0 aliphatic heterocycles. The van der Waals surface area contributed by atoms with Crippen LogP contribution in [0.25, 0.3) is 0 Å². The van der Waals surface area contributed by atoms with Gasteiger partial charge in [0.15, 0.2) is 0 Å². The summed E-state index contributed by atoms with van der Waals surface area (Å²) >= 11 is 0. The van der Waals surface area contributed by atoms with Gasteiger partial charge < -0.3 is 9.47 Å². The summed E-state index contributed by atoms with van der Waals surface area (Å²) in [6.45, 7) is 10.2. The van der Waals surface area contributed by atoms with Crippen molar-refractivity contribution in [3.05, 3.63) is 119 Å². The molecule has 0 spiro atoms. The summed E-state index contributed by atoms with van der Waals surface area (Å²) in [4.78, 5) is 23.4. The van der Waals surface area contributed by atoms with Gasteiger partial charge in [-0.05, 0) is 68.4 Å². The maximum Gasteiger partial charge on any atom is 0.338 e.